The molecular weight excluding hydrogens is 907 g/mol. The van der Waals surface area contributed by atoms with Crippen LogP contribution in [0.3, 0.4) is 0 Å². The third kappa shape index (κ3) is 10.8. The number of aryl methyl sites for hydroxylation is 2. The van der Waals surface area contributed by atoms with E-state index < -0.39 is 24.2 Å². The molecule has 72 heavy (non-hydrogen) atoms. The second-order valence-electron chi connectivity index (χ2n) is 19.5. The van der Waals surface area contributed by atoms with Crippen molar-refractivity contribution in [3.05, 3.63) is 171 Å². The number of carbonyl (C=O) groups is 1. The largest absolute Gasteiger partial charge is 0.508 e. The van der Waals surface area contributed by atoms with Gasteiger partial charge in [0.05, 0.1) is 13.0 Å². The van der Waals surface area contributed by atoms with Crippen LogP contribution in [0, 0.1) is 29.8 Å². The first-order valence-corrected chi connectivity index (χ1v) is 24.8. The van der Waals surface area contributed by atoms with Gasteiger partial charge in [-0.2, -0.15) is 0 Å². The summed E-state index contributed by atoms with van der Waals surface area (Å²) in [6.45, 7) is 1.97. The lowest BCUT2D eigenvalue weighted by Crippen LogP contribution is -2.27. The molecule has 4 aliphatic heterocycles. The molecule has 7 atom stereocenters. The second kappa shape index (κ2) is 22.0. The van der Waals surface area contributed by atoms with Gasteiger partial charge in [0.1, 0.15) is 36.1 Å². The number of allylic oxidation sites excluding steroid dienone is 5. The summed E-state index contributed by atoms with van der Waals surface area (Å²) in [7, 11) is 3.18. The molecule has 0 unspecified atom stereocenters. The van der Waals surface area contributed by atoms with Crippen LogP contribution in [0.5, 0.6) is 17.2 Å². The van der Waals surface area contributed by atoms with E-state index in [1.807, 2.05) is 91.0 Å². The SMILES string of the molecule is CN=C(N)Nc1cccc(CC[C@H](CO)C[C@@H]2C=C3/C=C/[C@H](c4ccccc4)[C@@H]4C#CO[C@H](CC(=O)CCc5ccc(OC)c(c5)OCc5c(C(O)O)cc6c4c(O)cc4c6c5C=C[C@H]4C)C[C@H]2C=C3O)c1. The van der Waals surface area contributed by atoms with Crippen LogP contribution in [-0.4, -0.2) is 64.1 Å². The molecule has 0 saturated carbocycles. The minimum Gasteiger partial charge on any atom is -0.508 e. The molecule has 4 heterocycles. The lowest BCUT2D eigenvalue weighted by molar-refractivity contribution is -0.121. The summed E-state index contributed by atoms with van der Waals surface area (Å²) in [6.07, 6.45) is 15.3. The number of hydrogen-bond donors (Lipinski definition) is 7. The van der Waals surface area contributed by atoms with Crippen LogP contribution >= 0.6 is 0 Å². The van der Waals surface area contributed by atoms with E-state index >= 15 is 0 Å². The Morgan fingerprint density at radius 3 is 2.60 bits per heavy atom. The van der Waals surface area contributed by atoms with Gasteiger partial charge in [0.15, 0.2) is 23.7 Å². The second-order valence-corrected chi connectivity index (χ2v) is 19.5. The van der Waals surface area contributed by atoms with E-state index in [0.717, 1.165) is 38.9 Å². The number of nitrogens with two attached hydrogens (primary N) is 1. The van der Waals surface area contributed by atoms with E-state index in [2.05, 4.69) is 41.4 Å². The number of aliphatic imine (C=N–C) groups is 1. The van der Waals surface area contributed by atoms with Crippen molar-refractivity contribution in [2.24, 2.45) is 28.5 Å². The Balaban J connectivity index is 1.20. The number of aliphatic hydroxyl groups is 4. The fourth-order valence-corrected chi connectivity index (χ4v) is 10.9. The molecule has 11 rings (SSSR count). The predicted molar refractivity (Wildman–Crippen MR) is 281 cm³/mol. The van der Waals surface area contributed by atoms with Crippen LogP contribution in [0.4, 0.5) is 5.69 Å². The Labute approximate surface area is 420 Å². The smallest absolute Gasteiger partial charge is 0.192 e. The lowest BCUT2D eigenvalue weighted by atomic mass is 9.74. The molecule has 0 radical (unpaired) electrons. The number of nitrogens with one attached hydrogen (secondary N) is 1. The molecule has 0 amide bonds. The van der Waals surface area contributed by atoms with Gasteiger partial charge in [0, 0.05) is 66.3 Å². The number of ether oxygens (including phenoxy) is 3. The topological polar surface area (TPSA) is 196 Å². The lowest BCUT2D eigenvalue weighted by Gasteiger charge is -2.31. The first kappa shape index (κ1) is 49.7. The van der Waals surface area contributed by atoms with Crippen LogP contribution in [0.25, 0.3) is 16.8 Å². The maximum atomic E-state index is 14.2. The van der Waals surface area contributed by atoms with Crippen molar-refractivity contribution in [3.63, 3.8) is 0 Å². The van der Waals surface area contributed by atoms with Crippen molar-refractivity contribution in [2.75, 3.05) is 26.1 Å². The monoisotopic (exact) mass is 969 g/mol. The van der Waals surface area contributed by atoms with Crippen molar-refractivity contribution in [3.8, 4) is 29.3 Å². The third-order valence-electron chi connectivity index (χ3n) is 14.8. The number of Topliss-reactive ketones (excluding diaryl/α,β-unsaturated/α-hetero) is 1. The number of aromatic hydroxyl groups is 1. The highest BCUT2D eigenvalue weighted by Gasteiger charge is 2.34. The molecule has 0 saturated heterocycles. The van der Waals surface area contributed by atoms with E-state index in [1.165, 1.54) is 0 Å². The van der Waals surface area contributed by atoms with Gasteiger partial charge in [-0.3, -0.25) is 9.79 Å². The molecule has 12 nitrogen and oxygen atoms in total. The first-order valence-electron chi connectivity index (χ1n) is 24.8. The predicted octanol–water partition coefficient (Wildman–Crippen LogP) is 9.93. The van der Waals surface area contributed by atoms with Gasteiger partial charge in [-0.05, 0) is 131 Å². The number of ketones is 1. The van der Waals surface area contributed by atoms with Crippen molar-refractivity contribution in [2.45, 2.75) is 88.6 Å². The van der Waals surface area contributed by atoms with Crippen LogP contribution in [0.2, 0.25) is 0 Å². The number of guanidine groups is 1. The molecule has 372 valence electrons. The maximum Gasteiger partial charge on any atom is 0.192 e. The molecular formula is C60H63N3O9. The summed E-state index contributed by atoms with van der Waals surface area (Å²) in [5.74, 6) is 2.71. The summed E-state index contributed by atoms with van der Waals surface area (Å²) in [5.41, 5.74) is 13.0. The Morgan fingerprint density at radius 2 is 1.82 bits per heavy atom. The van der Waals surface area contributed by atoms with E-state index in [9.17, 15) is 30.3 Å². The van der Waals surface area contributed by atoms with Crippen molar-refractivity contribution < 1.29 is 44.5 Å². The first-order chi connectivity index (χ1) is 34.9. The van der Waals surface area contributed by atoms with Gasteiger partial charge in [-0.15, -0.1) is 0 Å². The van der Waals surface area contributed by atoms with Crippen molar-refractivity contribution >= 4 is 34.3 Å². The zero-order valence-corrected chi connectivity index (χ0v) is 40.9. The fourth-order valence-electron chi connectivity index (χ4n) is 10.9. The van der Waals surface area contributed by atoms with Crippen LogP contribution in [0.15, 0.2) is 132 Å². The van der Waals surface area contributed by atoms with Gasteiger partial charge in [0.25, 0.3) is 0 Å². The van der Waals surface area contributed by atoms with Gasteiger partial charge in [-0.1, -0.05) is 91.8 Å². The number of carbonyl (C=O) groups excluding carboxylic acids is 1. The van der Waals surface area contributed by atoms with Crippen LogP contribution in [0.1, 0.15) is 108 Å². The Morgan fingerprint density at radius 1 is 0.986 bits per heavy atom. The Bertz CT molecular complexity index is 3050. The zero-order chi connectivity index (χ0) is 50.5. The van der Waals surface area contributed by atoms with Crippen molar-refractivity contribution in [1.29, 1.82) is 0 Å². The Kier molecular flexibility index (Phi) is 15.2. The molecule has 5 aromatic rings. The molecule has 10 bridgehead atoms. The van der Waals surface area contributed by atoms with E-state index in [1.54, 1.807) is 32.4 Å². The molecule has 12 heteroatoms. The number of fused-ring (bicyclic) bond motifs is 7. The molecule has 5 aromatic carbocycles. The number of benzene rings is 5. The summed E-state index contributed by atoms with van der Waals surface area (Å²) in [6, 6.07) is 26.8. The average molecular weight is 970 g/mol. The maximum absolute atomic E-state index is 14.2. The molecule has 6 aliphatic rings. The molecule has 0 fully saturated rings. The third-order valence-corrected chi connectivity index (χ3v) is 14.8. The zero-order valence-electron chi connectivity index (χ0n) is 40.9. The minimum atomic E-state index is -1.91. The number of aliphatic hydroxyl groups excluding tert-OH is 3. The highest BCUT2D eigenvalue weighted by molar-refractivity contribution is 6.01. The number of hydrogen-bond acceptors (Lipinski definition) is 10. The standard InChI is InChI=1S/C60H63N3O9/c1-35-12-19-47-52-34-72-56-26-37(16-21-55(56)70-3)15-18-44(65)30-45-28-42-29-53(66)40(27-41(42)24-38(33-64)14-13-36-8-7-11-43(25-36)63-60(61)62-2)17-20-46(39-9-5-4-6-10-39)48(22-23-71-45)58-51(31-50(52)59(68)69)57(47)49(35)32-54(58)67/h4-12,16-17,19-21,25-27,29,31-32,35,38,41-42,45-46,48,59,64,66-69H,13-15,18,24,28,30,33-34H2,1-3H3,(H3,61,62,63)/b20-17+/t35-,38+,41-,42+,45+,46-,48+/m1/s1. The summed E-state index contributed by atoms with van der Waals surface area (Å²) < 4.78 is 18.8. The average Bonchev–Trinajstić information content (AvgIpc) is 3.39. The number of phenols is 1. The van der Waals surface area contributed by atoms with Gasteiger partial charge in [-0.25, -0.2) is 0 Å². The summed E-state index contributed by atoms with van der Waals surface area (Å²) in [4.78, 5) is 18.2. The van der Waals surface area contributed by atoms with Crippen LogP contribution < -0.4 is 20.5 Å². The molecule has 0 aromatic heterocycles. The minimum absolute atomic E-state index is 0.0231. The number of rotatable bonds is 10. The normalized spacial score (nSPS) is 22.8. The van der Waals surface area contributed by atoms with E-state index in [0.29, 0.717) is 71.6 Å². The fraction of sp³-hybridized carbons (Fsp3) is 0.333. The van der Waals surface area contributed by atoms with Gasteiger partial charge < -0.3 is 50.8 Å². The van der Waals surface area contributed by atoms with Gasteiger partial charge >= 0.3 is 0 Å². The van der Waals surface area contributed by atoms with E-state index in [-0.39, 0.29) is 72.6 Å². The number of nitrogens with zero attached hydrogens (tertiary/aromatic N) is 1. The van der Waals surface area contributed by atoms with Crippen molar-refractivity contribution in [1.82, 2.24) is 0 Å². The number of anilines is 1. The summed E-state index contributed by atoms with van der Waals surface area (Å²) in [5, 5.41) is 62.1. The quantitative estimate of drug-likeness (QED) is 0.0305. The molecule has 8 N–H and O–H groups in total. The summed E-state index contributed by atoms with van der Waals surface area (Å²) >= 11 is 0. The highest BCUT2D eigenvalue weighted by atomic mass is 16.5. The van der Waals surface area contributed by atoms with Gasteiger partial charge in [0.2, 0.25) is 0 Å². The van der Waals surface area contributed by atoms with Crippen LogP contribution in [-0.2, 0) is 29.0 Å². The number of phenolic OH excluding ortho intramolecular Hbond substituents is 1. The highest BCUT2D eigenvalue weighted by Crippen LogP contribution is 2.49. The van der Waals surface area contributed by atoms with E-state index in [4.69, 9.17) is 19.9 Å². The Hall–Kier alpha value is -7.30. The molecule has 0 spiro atoms. The number of methoxy groups -OCH3 is 1. The molecule has 2 aliphatic carbocycles.